The van der Waals surface area contributed by atoms with Crippen molar-refractivity contribution in [2.24, 2.45) is 0 Å². The maximum Gasteiger partial charge on any atom is 0.142 e. The Labute approximate surface area is 115 Å². The molecule has 0 amide bonds. The Morgan fingerprint density at radius 1 is 1.47 bits per heavy atom. The predicted molar refractivity (Wildman–Crippen MR) is 70.9 cm³/mol. The molecule has 1 aliphatic rings. The fourth-order valence-electron chi connectivity index (χ4n) is 2.32. The van der Waals surface area contributed by atoms with E-state index < -0.39 is 5.82 Å². The zero-order valence-corrected chi connectivity index (χ0v) is 11.1. The van der Waals surface area contributed by atoms with Gasteiger partial charge in [0.2, 0.25) is 0 Å². The molecule has 0 radical (unpaired) electrons. The molecule has 3 nitrogen and oxygen atoms in total. The van der Waals surface area contributed by atoms with E-state index in [-0.39, 0.29) is 5.02 Å². The Bertz CT molecular complexity index is 579. The first-order chi connectivity index (χ1) is 9.24. The van der Waals surface area contributed by atoms with Crippen molar-refractivity contribution in [2.75, 3.05) is 13.2 Å². The number of aromatic nitrogens is 2. The number of benzene rings is 1. The smallest absolute Gasteiger partial charge is 0.142 e. The van der Waals surface area contributed by atoms with E-state index in [2.05, 4.69) is 5.10 Å². The van der Waals surface area contributed by atoms with Crippen LogP contribution in [-0.4, -0.2) is 23.0 Å². The minimum Gasteiger partial charge on any atom is -0.381 e. The standard InChI is InChI=1S/C14H14ClFN2O/c15-14-10(2-1-3-13(14)16)7-18-8-12(6-17-18)11-4-5-19-9-11/h1-3,6,8,11H,4-5,7,9H2. The molecule has 0 spiro atoms. The third-order valence-electron chi connectivity index (χ3n) is 3.42. The molecule has 5 heteroatoms. The topological polar surface area (TPSA) is 27.1 Å². The van der Waals surface area contributed by atoms with Crippen LogP contribution in [0.2, 0.25) is 5.02 Å². The molecular formula is C14H14ClFN2O. The molecule has 0 saturated carbocycles. The number of rotatable bonds is 3. The minimum absolute atomic E-state index is 0.170. The average Bonchev–Trinajstić information content (AvgIpc) is 3.05. The van der Waals surface area contributed by atoms with Crippen LogP contribution in [-0.2, 0) is 11.3 Å². The Hall–Kier alpha value is -1.39. The van der Waals surface area contributed by atoms with Gasteiger partial charge in [-0.25, -0.2) is 4.39 Å². The largest absolute Gasteiger partial charge is 0.381 e. The van der Waals surface area contributed by atoms with Crippen molar-refractivity contribution in [2.45, 2.75) is 18.9 Å². The summed E-state index contributed by atoms with van der Waals surface area (Å²) in [7, 11) is 0. The van der Waals surface area contributed by atoms with Crippen molar-refractivity contribution in [3.05, 3.63) is 52.6 Å². The third kappa shape index (κ3) is 2.65. The molecule has 19 heavy (non-hydrogen) atoms. The Morgan fingerprint density at radius 2 is 2.37 bits per heavy atom. The second-order valence-corrected chi connectivity index (χ2v) is 5.12. The summed E-state index contributed by atoms with van der Waals surface area (Å²) in [6.45, 7) is 2.04. The highest BCUT2D eigenvalue weighted by Gasteiger charge is 2.19. The molecular weight excluding hydrogens is 267 g/mol. The van der Waals surface area contributed by atoms with Crippen LogP contribution in [0.4, 0.5) is 4.39 Å². The van der Waals surface area contributed by atoms with Gasteiger partial charge in [0.1, 0.15) is 5.82 Å². The van der Waals surface area contributed by atoms with E-state index in [1.54, 1.807) is 10.7 Å². The summed E-state index contributed by atoms with van der Waals surface area (Å²) in [5, 5.41) is 4.48. The van der Waals surface area contributed by atoms with E-state index in [9.17, 15) is 4.39 Å². The van der Waals surface area contributed by atoms with Gasteiger partial charge in [-0.1, -0.05) is 23.7 Å². The SMILES string of the molecule is Fc1cccc(Cn2cc(C3CCOC3)cn2)c1Cl. The molecule has 3 rings (SSSR count). The molecule has 1 unspecified atom stereocenters. The van der Waals surface area contributed by atoms with E-state index in [4.69, 9.17) is 16.3 Å². The first-order valence-electron chi connectivity index (χ1n) is 6.27. The van der Waals surface area contributed by atoms with Crippen molar-refractivity contribution >= 4 is 11.6 Å². The van der Waals surface area contributed by atoms with Gasteiger partial charge >= 0.3 is 0 Å². The summed E-state index contributed by atoms with van der Waals surface area (Å²) in [4.78, 5) is 0. The van der Waals surface area contributed by atoms with Crippen molar-refractivity contribution in [1.82, 2.24) is 9.78 Å². The van der Waals surface area contributed by atoms with Gasteiger partial charge in [-0.15, -0.1) is 0 Å². The normalized spacial score (nSPS) is 18.9. The summed E-state index contributed by atoms with van der Waals surface area (Å²) in [6, 6.07) is 4.83. The molecule has 1 atom stereocenters. The second-order valence-electron chi connectivity index (χ2n) is 4.74. The van der Waals surface area contributed by atoms with Gasteiger partial charge in [0.25, 0.3) is 0 Å². The zero-order chi connectivity index (χ0) is 13.2. The first kappa shape index (κ1) is 12.6. The van der Waals surface area contributed by atoms with Gasteiger partial charge < -0.3 is 4.74 Å². The summed E-state index contributed by atoms with van der Waals surface area (Å²) < 4.78 is 20.5. The van der Waals surface area contributed by atoms with Crippen LogP contribution < -0.4 is 0 Å². The number of ether oxygens (including phenoxy) is 1. The highest BCUT2D eigenvalue weighted by Crippen LogP contribution is 2.25. The molecule has 1 fully saturated rings. The van der Waals surface area contributed by atoms with E-state index in [0.29, 0.717) is 12.5 Å². The Balaban J connectivity index is 1.78. The molecule has 2 aromatic rings. The lowest BCUT2D eigenvalue weighted by Gasteiger charge is -2.05. The molecule has 1 aromatic heterocycles. The third-order valence-corrected chi connectivity index (χ3v) is 3.84. The maximum atomic E-state index is 13.4. The van der Waals surface area contributed by atoms with E-state index in [1.807, 2.05) is 18.5 Å². The number of hydrogen-bond acceptors (Lipinski definition) is 2. The van der Waals surface area contributed by atoms with Gasteiger partial charge in [0, 0.05) is 18.7 Å². The van der Waals surface area contributed by atoms with Crippen molar-refractivity contribution < 1.29 is 9.13 Å². The van der Waals surface area contributed by atoms with Crippen LogP contribution in [0.1, 0.15) is 23.5 Å². The van der Waals surface area contributed by atoms with E-state index >= 15 is 0 Å². The molecule has 100 valence electrons. The van der Waals surface area contributed by atoms with Crippen LogP contribution in [0, 0.1) is 5.82 Å². The average molecular weight is 281 g/mol. The van der Waals surface area contributed by atoms with Crippen LogP contribution >= 0.6 is 11.6 Å². The fraction of sp³-hybridized carbons (Fsp3) is 0.357. The van der Waals surface area contributed by atoms with Crippen LogP contribution in [0.5, 0.6) is 0 Å². The lowest BCUT2D eigenvalue weighted by molar-refractivity contribution is 0.194. The monoisotopic (exact) mass is 280 g/mol. The van der Waals surface area contributed by atoms with E-state index in [0.717, 1.165) is 25.2 Å². The van der Waals surface area contributed by atoms with Gasteiger partial charge in [-0.2, -0.15) is 5.10 Å². The molecule has 1 aliphatic heterocycles. The summed E-state index contributed by atoms with van der Waals surface area (Å²) >= 11 is 5.94. The number of hydrogen-bond donors (Lipinski definition) is 0. The number of halogens is 2. The molecule has 2 heterocycles. The van der Waals surface area contributed by atoms with Crippen molar-refractivity contribution in [3.63, 3.8) is 0 Å². The fourth-order valence-corrected chi connectivity index (χ4v) is 2.51. The van der Waals surface area contributed by atoms with Gasteiger partial charge in [0.05, 0.1) is 24.4 Å². The van der Waals surface area contributed by atoms with Gasteiger partial charge in [0.15, 0.2) is 0 Å². The summed E-state index contributed by atoms with van der Waals surface area (Å²) in [5.41, 5.74) is 1.91. The summed E-state index contributed by atoms with van der Waals surface area (Å²) in [5.74, 6) is 0.0347. The van der Waals surface area contributed by atoms with Crippen LogP contribution in [0.25, 0.3) is 0 Å². The van der Waals surface area contributed by atoms with Crippen LogP contribution in [0.3, 0.4) is 0 Å². The van der Waals surface area contributed by atoms with E-state index in [1.165, 1.54) is 11.6 Å². The molecule has 0 N–H and O–H groups in total. The van der Waals surface area contributed by atoms with Gasteiger partial charge in [-0.05, 0) is 23.6 Å². The predicted octanol–water partition coefficient (Wildman–Crippen LogP) is 3.23. The quantitative estimate of drug-likeness (QED) is 0.863. The molecule has 0 aliphatic carbocycles. The maximum absolute atomic E-state index is 13.4. The lowest BCUT2D eigenvalue weighted by atomic mass is 10.0. The Kier molecular flexibility index (Phi) is 3.53. The molecule has 1 saturated heterocycles. The van der Waals surface area contributed by atoms with Gasteiger partial charge in [-0.3, -0.25) is 4.68 Å². The summed E-state index contributed by atoms with van der Waals surface area (Å²) in [6.07, 6.45) is 4.87. The lowest BCUT2D eigenvalue weighted by Crippen LogP contribution is -2.02. The van der Waals surface area contributed by atoms with Crippen LogP contribution in [0.15, 0.2) is 30.6 Å². The first-order valence-corrected chi connectivity index (χ1v) is 6.65. The highest BCUT2D eigenvalue weighted by molar-refractivity contribution is 6.31. The molecule has 1 aromatic carbocycles. The highest BCUT2D eigenvalue weighted by atomic mass is 35.5. The van der Waals surface area contributed by atoms with Crippen molar-refractivity contribution in [1.29, 1.82) is 0 Å². The minimum atomic E-state index is -0.393. The van der Waals surface area contributed by atoms with Crippen molar-refractivity contribution in [3.8, 4) is 0 Å². The second kappa shape index (κ2) is 5.31. The molecule has 0 bridgehead atoms. The number of nitrogens with zero attached hydrogens (tertiary/aromatic N) is 2. The Morgan fingerprint density at radius 3 is 3.16 bits per heavy atom. The zero-order valence-electron chi connectivity index (χ0n) is 10.4.